The minimum Gasteiger partial charge on any atom is -0.476 e. The molecule has 1 saturated heterocycles. The van der Waals surface area contributed by atoms with Gasteiger partial charge in [0.25, 0.3) is 0 Å². The molecule has 1 aliphatic rings. The predicted octanol–water partition coefficient (Wildman–Crippen LogP) is 2.01. The van der Waals surface area contributed by atoms with Crippen molar-refractivity contribution in [2.75, 3.05) is 49.8 Å². The van der Waals surface area contributed by atoms with Crippen molar-refractivity contribution in [2.45, 2.75) is 6.92 Å². The molecule has 1 fully saturated rings. The molecule has 0 spiro atoms. The van der Waals surface area contributed by atoms with Crippen molar-refractivity contribution in [2.24, 2.45) is 10.8 Å². The van der Waals surface area contributed by atoms with E-state index in [0.717, 1.165) is 37.6 Å². The van der Waals surface area contributed by atoms with Gasteiger partial charge in [0.15, 0.2) is 5.82 Å². The maximum atomic E-state index is 5.62. The lowest BCUT2D eigenvalue weighted by Gasteiger charge is -2.29. The van der Waals surface area contributed by atoms with Crippen molar-refractivity contribution in [1.82, 2.24) is 4.98 Å². The van der Waals surface area contributed by atoms with Crippen molar-refractivity contribution >= 4 is 17.7 Å². The number of ether oxygens (including phenoxy) is 2. The first-order chi connectivity index (χ1) is 12.7. The van der Waals surface area contributed by atoms with E-state index in [-0.39, 0.29) is 0 Å². The molecule has 7 heteroatoms. The summed E-state index contributed by atoms with van der Waals surface area (Å²) in [5.41, 5.74) is 11.8. The summed E-state index contributed by atoms with van der Waals surface area (Å²) in [6.07, 6.45) is 1.77. The van der Waals surface area contributed by atoms with Crippen LogP contribution < -0.4 is 20.8 Å². The van der Waals surface area contributed by atoms with Gasteiger partial charge in [0.2, 0.25) is 5.88 Å². The minimum atomic E-state index is 0.422. The predicted molar refractivity (Wildman–Crippen MR) is 104 cm³/mol. The van der Waals surface area contributed by atoms with E-state index in [1.54, 1.807) is 6.21 Å². The topological polar surface area (TPSA) is 85.0 Å². The number of nitrogens with two attached hydrogens (primary N) is 1. The Morgan fingerprint density at radius 2 is 2.15 bits per heavy atom. The number of aromatic nitrogens is 1. The molecule has 138 valence electrons. The van der Waals surface area contributed by atoms with Gasteiger partial charge in [-0.3, -0.25) is 5.43 Å². The summed E-state index contributed by atoms with van der Waals surface area (Å²) in [6.45, 7) is 6.03. The smallest absolute Gasteiger partial charge is 0.217 e. The molecule has 3 rings (SSSR count). The van der Waals surface area contributed by atoms with Crippen LogP contribution in [0.1, 0.15) is 11.1 Å². The molecule has 2 heterocycles. The molecule has 0 atom stereocenters. The van der Waals surface area contributed by atoms with Gasteiger partial charge in [0.05, 0.1) is 19.4 Å². The van der Waals surface area contributed by atoms with E-state index in [4.69, 9.17) is 15.2 Å². The molecule has 2 aromatic rings. The zero-order chi connectivity index (χ0) is 18.2. The fraction of sp³-hybridized carbons (Fsp3) is 0.368. The van der Waals surface area contributed by atoms with Gasteiger partial charge in [-0.2, -0.15) is 10.1 Å². The Morgan fingerprint density at radius 3 is 2.92 bits per heavy atom. The Labute approximate surface area is 153 Å². The molecule has 0 bridgehead atoms. The first kappa shape index (κ1) is 18.2. The van der Waals surface area contributed by atoms with Crippen molar-refractivity contribution in [3.05, 3.63) is 47.5 Å². The SMILES string of the molecule is Cc1cccc(/C=N/Nc2cc(N3CCOCC3)cc(OCCN)n2)c1. The third-order valence-corrected chi connectivity index (χ3v) is 3.97. The fourth-order valence-electron chi connectivity index (χ4n) is 2.71. The van der Waals surface area contributed by atoms with Crippen molar-refractivity contribution in [1.29, 1.82) is 0 Å². The Hall–Kier alpha value is -2.64. The summed E-state index contributed by atoms with van der Waals surface area (Å²) >= 11 is 0. The van der Waals surface area contributed by atoms with E-state index in [2.05, 4.69) is 39.5 Å². The number of hydrogen-bond acceptors (Lipinski definition) is 7. The van der Waals surface area contributed by atoms with Crippen molar-refractivity contribution in [3.8, 4) is 5.88 Å². The maximum Gasteiger partial charge on any atom is 0.217 e. The van der Waals surface area contributed by atoms with Crippen LogP contribution >= 0.6 is 0 Å². The number of rotatable bonds is 7. The normalized spacial score (nSPS) is 14.6. The summed E-state index contributed by atoms with van der Waals surface area (Å²) in [7, 11) is 0. The first-order valence-electron chi connectivity index (χ1n) is 8.78. The molecular formula is C19H25N5O2. The number of nitrogens with one attached hydrogen (secondary N) is 1. The lowest BCUT2D eigenvalue weighted by molar-refractivity contribution is 0.122. The number of hydrogen-bond donors (Lipinski definition) is 2. The number of nitrogens with zero attached hydrogens (tertiary/aromatic N) is 3. The summed E-state index contributed by atoms with van der Waals surface area (Å²) in [5, 5.41) is 4.30. The number of aryl methyl sites for hydroxylation is 1. The van der Waals surface area contributed by atoms with E-state index >= 15 is 0 Å². The van der Waals surface area contributed by atoms with E-state index < -0.39 is 0 Å². The van der Waals surface area contributed by atoms with Crippen LogP contribution in [0.15, 0.2) is 41.5 Å². The molecule has 1 aliphatic heterocycles. The van der Waals surface area contributed by atoms with Crippen LogP contribution in [-0.2, 0) is 4.74 Å². The Morgan fingerprint density at radius 1 is 1.31 bits per heavy atom. The molecule has 0 unspecified atom stereocenters. The number of hydrazone groups is 1. The lowest BCUT2D eigenvalue weighted by Crippen LogP contribution is -2.36. The molecule has 0 aliphatic carbocycles. The summed E-state index contributed by atoms with van der Waals surface area (Å²) < 4.78 is 11.0. The summed E-state index contributed by atoms with van der Waals surface area (Å²) in [6, 6.07) is 12.0. The Kier molecular flexibility index (Phi) is 6.40. The lowest BCUT2D eigenvalue weighted by atomic mass is 10.2. The second kappa shape index (κ2) is 9.17. The minimum absolute atomic E-state index is 0.422. The number of pyridine rings is 1. The van der Waals surface area contributed by atoms with E-state index in [1.807, 2.05) is 24.3 Å². The van der Waals surface area contributed by atoms with E-state index in [9.17, 15) is 0 Å². The highest BCUT2D eigenvalue weighted by Gasteiger charge is 2.14. The molecule has 1 aromatic carbocycles. The first-order valence-corrected chi connectivity index (χ1v) is 8.78. The quantitative estimate of drug-likeness (QED) is 0.584. The van der Waals surface area contributed by atoms with Crippen LogP contribution in [0.25, 0.3) is 0 Å². The molecule has 26 heavy (non-hydrogen) atoms. The van der Waals surface area contributed by atoms with Gasteiger partial charge in [-0.05, 0) is 12.5 Å². The average Bonchev–Trinajstić information content (AvgIpc) is 2.67. The zero-order valence-electron chi connectivity index (χ0n) is 15.0. The number of anilines is 2. The molecule has 1 aromatic heterocycles. The maximum absolute atomic E-state index is 5.62. The van der Waals surface area contributed by atoms with Crippen LogP contribution in [-0.4, -0.2) is 50.7 Å². The molecule has 0 amide bonds. The molecular weight excluding hydrogens is 330 g/mol. The number of benzene rings is 1. The third-order valence-electron chi connectivity index (χ3n) is 3.97. The van der Waals surface area contributed by atoms with Crippen LogP contribution in [0.3, 0.4) is 0 Å². The average molecular weight is 355 g/mol. The highest BCUT2D eigenvalue weighted by molar-refractivity contribution is 5.80. The molecule has 3 N–H and O–H groups in total. The third kappa shape index (κ3) is 5.18. The zero-order valence-corrected chi connectivity index (χ0v) is 15.0. The van der Waals surface area contributed by atoms with Crippen LogP contribution in [0.4, 0.5) is 11.5 Å². The van der Waals surface area contributed by atoms with Gasteiger partial charge in [-0.15, -0.1) is 0 Å². The van der Waals surface area contributed by atoms with E-state index in [0.29, 0.717) is 24.8 Å². The number of morpholine rings is 1. The van der Waals surface area contributed by atoms with Gasteiger partial charge in [0, 0.05) is 37.5 Å². The monoisotopic (exact) mass is 355 g/mol. The summed E-state index contributed by atoms with van der Waals surface area (Å²) in [5.74, 6) is 1.16. The van der Waals surface area contributed by atoms with Crippen LogP contribution in [0.2, 0.25) is 0 Å². The van der Waals surface area contributed by atoms with Gasteiger partial charge >= 0.3 is 0 Å². The fourth-order valence-corrected chi connectivity index (χ4v) is 2.71. The largest absolute Gasteiger partial charge is 0.476 e. The standard InChI is InChI=1S/C19H25N5O2/c1-15-3-2-4-16(11-15)14-21-23-18-12-17(24-6-9-25-10-7-24)13-19(22-18)26-8-5-20/h2-4,11-14H,5-10,20H2,1H3,(H,22,23)/b21-14+. The highest BCUT2D eigenvalue weighted by atomic mass is 16.5. The summed E-state index contributed by atoms with van der Waals surface area (Å²) in [4.78, 5) is 6.70. The van der Waals surface area contributed by atoms with Crippen LogP contribution in [0.5, 0.6) is 5.88 Å². The van der Waals surface area contributed by atoms with Crippen molar-refractivity contribution in [3.63, 3.8) is 0 Å². The van der Waals surface area contributed by atoms with Gasteiger partial charge in [-0.1, -0.05) is 29.8 Å². The second-order valence-electron chi connectivity index (χ2n) is 6.07. The van der Waals surface area contributed by atoms with Crippen LogP contribution in [0, 0.1) is 6.92 Å². The molecule has 0 saturated carbocycles. The second-order valence-corrected chi connectivity index (χ2v) is 6.07. The Balaban J connectivity index is 1.75. The van der Waals surface area contributed by atoms with Gasteiger partial charge < -0.3 is 20.1 Å². The van der Waals surface area contributed by atoms with E-state index in [1.165, 1.54) is 5.56 Å². The van der Waals surface area contributed by atoms with Gasteiger partial charge in [-0.25, -0.2) is 0 Å². The highest BCUT2D eigenvalue weighted by Crippen LogP contribution is 2.24. The molecule has 7 nitrogen and oxygen atoms in total. The Bertz CT molecular complexity index is 744. The van der Waals surface area contributed by atoms with Gasteiger partial charge in [0.1, 0.15) is 6.61 Å². The molecule has 0 radical (unpaired) electrons. The van der Waals surface area contributed by atoms with Crippen molar-refractivity contribution < 1.29 is 9.47 Å².